The molecular weight excluding hydrogens is 405 g/mol. The van der Waals surface area contributed by atoms with Crippen LogP contribution in [0, 0.1) is 0 Å². The van der Waals surface area contributed by atoms with E-state index in [1.54, 1.807) is 6.07 Å². The van der Waals surface area contributed by atoms with Gasteiger partial charge in [0.15, 0.2) is 0 Å². The Morgan fingerprint density at radius 2 is 1.74 bits per heavy atom. The second-order valence-electron chi connectivity index (χ2n) is 8.52. The van der Waals surface area contributed by atoms with Gasteiger partial charge in [-0.05, 0) is 66.1 Å². The molecule has 1 heterocycles. The first-order chi connectivity index (χ1) is 14.7. The van der Waals surface area contributed by atoms with Crippen LogP contribution in [0.3, 0.4) is 0 Å². The van der Waals surface area contributed by atoms with Crippen LogP contribution in [0.15, 0.2) is 51.7 Å². The van der Waals surface area contributed by atoms with E-state index >= 15 is 0 Å². The van der Waals surface area contributed by atoms with Gasteiger partial charge < -0.3 is 9.52 Å². The smallest absolute Gasteiger partial charge is 0.416 e. The average molecular weight is 430 g/mol. The highest BCUT2D eigenvalue weighted by atomic mass is 19.4. The van der Waals surface area contributed by atoms with Gasteiger partial charge in [-0.15, -0.1) is 0 Å². The zero-order valence-electron chi connectivity index (χ0n) is 17.4. The van der Waals surface area contributed by atoms with Gasteiger partial charge in [0.05, 0.1) is 16.5 Å². The van der Waals surface area contributed by atoms with Crippen LogP contribution in [0.2, 0.25) is 0 Å². The van der Waals surface area contributed by atoms with Gasteiger partial charge in [0.25, 0.3) is 0 Å². The van der Waals surface area contributed by atoms with Gasteiger partial charge in [-0.1, -0.05) is 44.7 Å². The summed E-state index contributed by atoms with van der Waals surface area (Å²) >= 11 is 0. The van der Waals surface area contributed by atoms with Crippen LogP contribution in [-0.4, -0.2) is 5.11 Å². The summed E-state index contributed by atoms with van der Waals surface area (Å²) < 4.78 is 44.0. The number of aromatic hydroxyl groups is 1. The van der Waals surface area contributed by atoms with Crippen LogP contribution in [0.1, 0.15) is 63.0 Å². The number of hydrogen-bond acceptors (Lipinski definition) is 3. The molecule has 1 aliphatic carbocycles. The Balaban J connectivity index is 1.77. The Hall–Kier alpha value is -2.76. The van der Waals surface area contributed by atoms with Crippen molar-refractivity contribution in [1.29, 1.82) is 0 Å². The molecule has 0 bridgehead atoms. The highest BCUT2D eigenvalue weighted by Gasteiger charge is 2.36. The quantitative estimate of drug-likeness (QED) is 0.436. The van der Waals surface area contributed by atoms with Crippen molar-refractivity contribution in [1.82, 2.24) is 0 Å². The van der Waals surface area contributed by atoms with E-state index in [2.05, 4.69) is 6.92 Å². The van der Waals surface area contributed by atoms with Crippen molar-refractivity contribution in [3.63, 3.8) is 0 Å². The highest BCUT2D eigenvalue weighted by Crippen LogP contribution is 2.47. The van der Waals surface area contributed by atoms with E-state index in [4.69, 9.17) is 4.42 Å². The molecule has 0 aliphatic heterocycles. The first-order valence-corrected chi connectivity index (χ1v) is 10.7. The maximum absolute atomic E-state index is 12.8. The van der Waals surface area contributed by atoms with E-state index in [0.717, 1.165) is 62.6 Å². The number of rotatable bonds is 5. The molecule has 0 spiro atoms. The standard InChI is InChI=1S/C25H25F3O3/c1-2-3-10-24(11-4-5-12-24)18-13-21(29)20-15-19(23(30)31-22(20)14-18)16-6-8-17(9-7-16)25(26,27)28/h6-9,13-15,29H,2-5,10-12H2,1H3. The number of benzene rings is 2. The number of halogens is 3. The van der Waals surface area contributed by atoms with Crippen molar-refractivity contribution in [3.05, 3.63) is 64.0 Å². The summed E-state index contributed by atoms with van der Waals surface area (Å²) in [5.41, 5.74) is 0.285. The van der Waals surface area contributed by atoms with Crippen molar-refractivity contribution < 1.29 is 22.7 Å². The monoisotopic (exact) mass is 430 g/mol. The molecule has 0 radical (unpaired) electrons. The lowest BCUT2D eigenvalue weighted by Gasteiger charge is -2.30. The predicted octanol–water partition coefficient (Wildman–Crippen LogP) is 7.19. The summed E-state index contributed by atoms with van der Waals surface area (Å²) in [6.07, 6.45) is 3.14. The van der Waals surface area contributed by atoms with Crippen LogP contribution >= 0.6 is 0 Å². The zero-order chi connectivity index (χ0) is 22.2. The van der Waals surface area contributed by atoms with E-state index in [-0.39, 0.29) is 16.7 Å². The summed E-state index contributed by atoms with van der Waals surface area (Å²) in [6, 6.07) is 9.46. The lowest BCUT2D eigenvalue weighted by molar-refractivity contribution is -0.137. The number of alkyl halides is 3. The van der Waals surface area contributed by atoms with Gasteiger partial charge in [0, 0.05) is 0 Å². The van der Waals surface area contributed by atoms with Crippen LogP contribution in [0.25, 0.3) is 22.1 Å². The number of hydrogen-bond donors (Lipinski definition) is 1. The van der Waals surface area contributed by atoms with Crippen molar-refractivity contribution in [2.75, 3.05) is 0 Å². The third-order valence-corrected chi connectivity index (χ3v) is 6.54. The molecule has 164 valence electrons. The van der Waals surface area contributed by atoms with Gasteiger partial charge in [0.2, 0.25) is 0 Å². The fraction of sp³-hybridized carbons (Fsp3) is 0.400. The summed E-state index contributed by atoms with van der Waals surface area (Å²) in [7, 11) is 0. The van der Waals surface area contributed by atoms with Gasteiger partial charge in [-0.25, -0.2) is 4.79 Å². The molecule has 4 rings (SSSR count). The third-order valence-electron chi connectivity index (χ3n) is 6.54. The van der Waals surface area contributed by atoms with Crippen molar-refractivity contribution in [2.45, 2.75) is 63.5 Å². The number of phenols is 1. The van der Waals surface area contributed by atoms with Gasteiger partial charge in [-0.2, -0.15) is 13.2 Å². The molecule has 2 aromatic carbocycles. The summed E-state index contributed by atoms with van der Waals surface area (Å²) in [5, 5.41) is 11.1. The van der Waals surface area contributed by atoms with Gasteiger partial charge in [0.1, 0.15) is 11.3 Å². The Bertz CT molecular complexity index is 1140. The SMILES string of the molecule is CCCCC1(c2cc(O)c3cc(-c4ccc(C(F)(F)F)cc4)c(=O)oc3c2)CCCC1. The minimum absolute atomic E-state index is 0.00759. The van der Waals surface area contributed by atoms with Crippen molar-refractivity contribution >= 4 is 11.0 Å². The minimum atomic E-state index is -4.45. The summed E-state index contributed by atoms with van der Waals surface area (Å²) in [4.78, 5) is 12.6. The molecule has 3 nitrogen and oxygen atoms in total. The van der Waals surface area contributed by atoms with E-state index in [9.17, 15) is 23.1 Å². The van der Waals surface area contributed by atoms with Crippen LogP contribution in [-0.2, 0) is 11.6 Å². The average Bonchev–Trinajstić information content (AvgIpc) is 3.21. The zero-order valence-corrected chi connectivity index (χ0v) is 17.4. The number of fused-ring (bicyclic) bond motifs is 1. The lowest BCUT2D eigenvalue weighted by Crippen LogP contribution is -2.22. The number of unbranched alkanes of at least 4 members (excludes halogenated alkanes) is 1. The highest BCUT2D eigenvalue weighted by molar-refractivity contribution is 5.87. The number of phenolic OH excluding ortho intramolecular Hbond substituents is 1. The first kappa shape index (κ1) is 21.5. The minimum Gasteiger partial charge on any atom is -0.507 e. The second-order valence-corrected chi connectivity index (χ2v) is 8.52. The molecular formula is C25H25F3O3. The molecule has 1 saturated carbocycles. The van der Waals surface area contributed by atoms with Crippen LogP contribution < -0.4 is 5.63 Å². The topological polar surface area (TPSA) is 50.4 Å². The molecule has 0 amide bonds. The normalized spacial score (nSPS) is 16.1. The van der Waals surface area contributed by atoms with E-state index < -0.39 is 17.4 Å². The maximum atomic E-state index is 12.8. The molecule has 0 atom stereocenters. The van der Waals surface area contributed by atoms with E-state index in [0.29, 0.717) is 16.5 Å². The molecule has 6 heteroatoms. The molecule has 0 unspecified atom stereocenters. The predicted molar refractivity (Wildman–Crippen MR) is 114 cm³/mol. The first-order valence-electron chi connectivity index (χ1n) is 10.7. The fourth-order valence-corrected chi connectivity index (χ4v) is 4.80. The maximum Gasteiger partial charge on any atom is 0.416 e. The van der Waals surface area contributed by atoms with E-state index in [1.165, 1.54) is 18.2 Å². The molecule has 1 N–H and O–H groups in total. The van der Waals surface area contributed by atoms with Crippen LogP contribution in [0.4, 0.5) is 13.2 Å². The summed E-state index contributed by atoms with van der Waals surface area (Å²) in [5.74, 6) is 0.0205. The largest absolute Gasteiger partial charge is 0.507 e. The Kier molecular flexibility index (Phi) is 5.58. The van der Waals surface area contributed by atoms with Gasteiger partial charge >= 0.3 is 11.8 Å². The Morgan fingerprint density at radius 3 is 2.35 bits per heavy atom. The lowest BCUT2D eigenvalue weighted by atomic mass is 9.74. The molecule has 31 heavy (non-hydrogen) atoms. The molecule has 1 aromatic heterocycles. The van der Waals surface area contributed by atoms with Crippen molar-refractivity contribution in [2.24, 2.45) is 0 Å². The third kappa shape index (κ3) is 4.08. The van der Waals surface area contributed by atoms with E-state index in [1.807, 2.05) is 6.07 Å². The van der Waals surface area contributed by atoms with Crippen LogP contribution in [0.5, 0.6) is 5.75 Å². The van der Waals surface area contributed by atoms with Crippen molar-refractivity contribution in [3.8, 4) is 16.9 Å². The Labute approximate surface area is 178 Å². The summed E-state index contributed by atoms with van der Waals surface area (Å²) in [6.45, 7) is 2.16. The second kappa shape index (κ2) is 8.06. The molecule has 1 fully saturated rings. The molecule has 1 aliphatic rings. The molecule has 3 aromatic rings. The Morgan fingerprint density at radius 1 is 1.06 bits per heavy atom. The fourth-order valence-electron chi connectivity index (χ4n) is 4.80. The molecule has 0 saturated heterocycles. The van der Waals surface area contributed by atoms with Gasteiger partial charge in [-0.3, -0.25) is 0 Å².